The van der Waals surface area contributed by atoms with Crippen LogP contribution < -0.4 is 0 Å². The van der Waals surface area contributed by atoms with Crippen molar-refractivity contribution in [2.75, 3.05) is 0 Å². The van der Waals surface area contributed by atoms with E-state index in [1.165, 1.54) is 24.1 Å². The van der Waals surface area contributed by atoms with Gasteiger partial charge in [-0.1, -0.05) is 19.8 Å². The summed E-state index contributed by atoms with van der Waals surface area (Å²) in [6.07, 6.45) is 5.57. The molecule has 0 aromatic carbocycles. The second-order valence-electron chi connectivity index (χ2n) is 4.85. The van der Waals surface area contributed by atoms with Gasteiger partial charge in [-0.15, -0.1) is 11.3 Å². The lowest BCUT2D eigenvalue weighted by Crippen LogP contribution is -2.32. The van der Waals surface area contributed by atoms with Gasteiger partial charge in [-0.2, -0.15) is 0 Å². The van der Waals surface area contributed by atoms with Crippen molar-refractivity contribution in [1.29, 1.82) is 0 Å². The van der Waals surface area contributed by atoms with Crippen molar-refractivity contribution in [2.24, 2.45) is 5.92 Å². The van der Waals surface area contributed by atoms with Crippen LogP contribution in [0.4, 0.5) is 0 Å². The van der Waals surface area contributed by atoms with Gasteiger partial charge in [0.1, 0.15) is 0 Å². The highest BCUT2D eigenvalue weighted by atomic mass is 32.1. The zero-order chi connectivity index (χ0) is 10.9. The van der Waals surface area contributed by atoms with E-state index >= 15 is 0 Å². The lowest BCUT2D eigenvalue weighted by Gasteiger charge is -2.36. The number of thiophene rings is 1. The highest BCUT2D eigenvalue weighted by Gasteiger charge is 2.35. The Morgan fingerprint density at radius 1 is 1.60 bits per heavy atom. The molecule has 0 amide bonds. The fraction of sp³-hybridized carbons (Fsp3) is 0.692. The molecule has 1 N–H and O–H groups in total. The van der Waals surface area contributed by atoms with Gasteiger partial charge in [0.15, 0.2) is 0 Å². The van der Waals surface area contributed by atoms with E-state index in [1.54, 1.807) is 11.3 Å². The van der Waals surface area contributed by atoms with E-state index in [2.05, 4.69) is 25.3 Å². The average molecular weight is 224 g/mol. The van der Waals surface area contributed by atoms with Crippen LogP contribution >= 0.6 is 11.3 Å². The molecule has 15 heavy (non-hydrogen) atoms. The van der Waals surface area contributed by atoms with Crippen molar-refractivity contribution in [3.8, 4) is 0 Å². The molecule has 2 atom stereocenters. The number of rotatable bonds is 2. The molecule has 1 nitrogen and oxygen atoms in total. The molecule has 0 radical (unpaired) electrons. The Balaban J connectivity index is 2.18. The molecule has 1 aromatic rings. The molecule has 0 spiro atoms. The van der Waals surface area contributed by atoms with Crippen LogP contribution in [0.15, 0.2) is 11.4 Å². The Morgan fingerprint density at radius 3 is 3.00 bits per heavy atom. The molecule has 1 heterocycles. The van der Waals surface area contributed by atoms with Crippen LogP contribution in [-0.4, -0.2) is 5.11 Å². The van der Waals surface area contributed by atoms with Crippen LogP contribution in [0.3, 0.4) is 0 Å². The zero-order valence-electron chi connectivity index (χ0n) is 9.62. The Bertz CT molecular complexity index is 331. The second-order valence-corrected chi connectivity index (χ2v) is 5.96. The van der Waals surface area contributed by atoms with Gasteiger partial charge in [0.05, 0.1) is 5.60 Å². The van der Waals surface area contributed by atoms with Crippen molar-refractivity contribution >= 4 is 11.3 Å². The molecule has 0 aliphatic heterocycles. The van der Waals surface area contributed by atoms with E-state index in [4.69, 9.17) is 0 Å². The van der Waals surface area contributed by atoms with E-state index in [9.17, 15) is 5.11 Å². The summed E-state index contributed by atoms with van der Waals surface area (Å²) in [6, 6.07) is 2.16. The highest BCUT2D eigenvalue weighted by molar-refractivity contribution is 7.10. The summed E-state index contributed by atoms with van der Waals surface area (Å²) < 4.78 is 0. The maximum absolute atomic E-state index is 10.7. The maximum Gasteiger partial charge on any atom is 0.0907 e. The second kappa shape index (κ2) is 4.26. The molecule has 1 aliphatic rings. The van der Waals surface area contributed by atoms with Crippen LogP contribution in [-0.2, 0) is 5.60 Å². The summed E-state index contributed by atoms with van der Waals surface area (Å²) in [4.78, 5) is 1.30. The molecule has 1 saturated carbocycles. The van der Waals surface area contributed by atoms with Gasteiger partial charge >= 0.3 is 0 Å². The van der Waals surface area contributed by atoms with Gasteiger partial charge in [0.2, 0.25) is 0 Å². The molecule has 84 valence electrons. The van der Waals surface area contributed by atoms with Crippen LogP contribution in [0.5, 0.6) is 0 Å². The Labute approximate surface area is 96.1 Å². The normalized spacial score (nSPS) is 31.8. The van der Waals surface area contributed by atoms with Crippen LogP contribution in [0, 0.1) is 12.8 Å². The number of hydrogen-bond donors (Lipinski definition) is 1. The van der Waals surface area contributed by atoms with Gasteiger partial charge in [-0.25, -0.2) is 0 Å². The summed E-state index contributed by atoms with van der Waals surface area (Å²) in [5, 5.41) is 12.8. The van der Waals surface area contributed by atoms with E-state index < -0.39 is 5.60 Å². The number of hydrogen-bond acceptors (Lipinski definition) is 2. The number of aliphatic hydroxyl groups is 1. The molecule has 2 rings (SSSR count). The topological polar surface area (TPSA) is 20.2 Å². The van der Waals surface area contributed by atoms with E-state index in [0.29, 0.717) is 5.92 Å². The van der Waals surface area contributed by atoms with E-state index in [1.807, 2.05) is 0 Å². The minimum absolute atomic E-state index is 0.524. The first kappa shape index (κ1) is 11.2. The molecule has 1 fully saturated rings. The third-order valence-electron chi connectivity index (χ3n) is 3.67. The van der Waals surface area contributed by atoms with Gasteiger partial charge in [-0.3, -0.25) is 0 Å². The van der Waals surface area contributed by atoms with Crippen LogP contribution in [0.1, 0.15) is 49.5 Å². The third-order valence-corrected chi connectivity index (χ3v) is 4.54. The molecule has 0 bridgehead atoms. The molecular formula is C13H20OS. The summed E-state index contributed by atoms with van der Waals surface area (Å²) in [7, 11) is 0. The standard InChI is InChI=1S/C13H20OS/c1-3-11-5-4-6-13(14,8-11)12-7-10(2)15-9-12/h7,9,11,14H,3-6,8H2,1-2H3. The fourth-order valence-corrected chi connectivity index (χ4v) is 3.46. The van der Waals surface area contributed by atoms with E-state index in [-0.39, 0.29) is 0 Å². The Hall–Kier alpha value is -0.340. The number of aryl methyl sites for hydroxylation is 1. The lowest BCUT2D eigenvalue weighted by molar-refractivity contribution is -0.0213. The zero-order valence-corrected chi connectivity index (χ0v) is 10.4. The van der Waals surface area contributed by atoms with Crippen LogP contribution in [0.2, 0.25) is 0 Å². The first-order valence-corrected chi connectivity index (χ1v) is 6.80. The van der Waals surface area contributed by atoms with Crippen LogP contribution in [0.25, 0.3) is 0 Å². The minimum atomic E-state index is -0.524. The first-order valence-electron chi connectivity index (χ1n) is 5.92. The quantitative estimate of drug-likeness (QED) is 0.809. The van der Waals surface area contributed by atoms with Crippen molar-refractivity contribution in [3.63, 3.8) is 0 Å². The SMILES string of the molecule is CCC1CCCC(O)(c2csc(C)c2)C1. The van der Waals surface area contributed by atoms with Crippen molar-refractivity contribution in [2.45, 2.75) is 51.6 Å². The summed E-state index contributed by atoms with van der Waals surface area (Å²) in [5.41, 5.74) is 0.632. The molecule has 2 unspecified atom stereocenters. The van der Waals surface area contributed by atoms with Crippen molar-refractivity contribution in [1.82, 2.24) is 0 Å². The fourth-order valence-electron chi connectivity index (χ4n) is 2.66. The first-order chi connectivity index (χ1) is 7.14. The Kier molecular flexibility index (Phi) is 3.17. The summed E-state index contributed by atoms with van der Waals surface area (Å²) in [6.45, 7) is 4.34. The minimum Gasteiger partial charge on any atom is -0.385 e. The predicted molar refractivity (Wildman–Crippen MR) is 65.2 cm³/mol. The van der Waals surface area contributed by atoms with Gasteiger partial charge in [-0.05, 0) is 49.1 Å². The highest BCUT2D eigenvalue weighted by Crippen LogP contribution is 2.42. The molecule has 1 aliphatic carbocycles. The molecule has 0 saturated heterocycles. The van der Waals surface area contributed by atoms with Gasteiger partial charge in [0.25, 0.3) is 0 Å². The molecule has 1 aromatic heterocycles. The Morgan fingerprint density at radius 2 is 2.40 bits per heavy atom. The lowest BCUT2D eigenvalue weighted by atomic mass is 9.74. The van der Waals surface area contributed by atoms with Crippen molar-refractivity contribution < 1.29 is 5.11 Å². The molecular weight excluding hydrogens is 204 g/mol. The maximum atomic E-state index is 10.7. The smallest absolute Gasteiger partial charge is 0.0907 e. The predicted octanol–water partition coefficient (Wildman–Crippen LogP) is 3.84. The van der Waals surface area contributed by atoms with Gasteiger partial charge in [0, 0.05) is 4.88 Å². The van der Waals surface area contributed by atoms with Crippen molar-refractivity contribution in [3.05, 3.63) is 21.9 Å². The summed E-state index contributed by atoms with van der Waals surface area (Å²) >= 11 is 1.75. The monoisotopic (exact) mass is 224 g/mol. The molecule has 2 heteroatoms. The third kappa shape index (κ3) is 2.26. The van der Waals surface area contributed by atoms with E-state index in [0.717, 1.165) is 18.4 Å². The summed E-state index contributed by atoms with van der Waals surface area (Å²) in [5.74, 6) is 0.712. The largest absolute Gasteiger partial charge is 0.385 e. The average Bonchev–Trinajstić information content (AvgIpc) is 2.65. The van der Waals surface area contributed by atoms with Gasteiger partial charge < -0.3 is 5.11 Å².